The lowest BCUT2D eigenvalue weighted by atomic mass is 10.1. The quantitative estimate of drug-likeness (QED) is 0.764. The number of piperazine rings is 1. The van der Waals surface area contributed by atoms with Crippen LogP contribution in [0, 0.1) is 0 Å². The maximum absolute atomic E-state index is 12.8. The van der Waals surface area contributed by atoms with Crippen molar-refractivity contribution >= 4 is 12.2 Å². The van der Waals surface area contributed by atoms with Gasteiger partial charge in [0.05, 0.1) is 6.04 Å². The molecule has 0 unspecified atom stereocenters. The van der Waals surface area contributed by atoms with Crippen molar-refractivity contribution in [3.05, 3.63) is 77.9 Å². The Hall–Kier alpha value is -2.59. The Balaban J connectivity index is 1.74. The predicted octanol–water partition coefficient (Wildman–Crippen LogP) is 4.82. The number of hydrogen-bond donors (Lipinski definition) is 0. The van der Waals surface area contributed by atoms with E-state index in [4.69, 9.17) is 4.74 Å². The van der Waals surface area contributed by atoms with Crippen molar-refractivity contribution in [2.45, 2.75) is 39.0 Å². The first-order chi connectivity index (χ1) is 13.4. The molecule has 4 nitrogen and oxygen atoms in total. The van der Waals surface area contributed by atoms with Crippen LogP contribution in [-0.4, -0.2) is 47.2 Å². The largest absolute Gasteiger partial charge is 0.444 e. The van der Waals surface area contributed by atoms with Gasteiger partial charge < -0.3 is 4.74 Å². The number of rotatable bonds is 4. The van der Waals surface area contributed by atoms with Crippen LogP contribution in [0.3, 0.4) is 0 Å². The van der Waals surface area contributed by atoms with Crippen LogP contribution in [0.25, 0.3) is 6.08 Å². The van der Waals surface area contributed by atoms with E-state index in [9.17, 15) is 4.79 Å². The van der Waals surface area contributed by atoms with E-state index in [1.54, 1.807) is 0 Å². The first-order valence-electron chi connectivity index (χ1n) is 9.90. The van der Waals surface area contributed by atoms with E-state index in [0.29, 0.717) is 6.54 Å². The molecule has 0 radical (unpaired) electrons. The molecule has 1 amide bonds. The second kappa shape index (κ2) is 9.07. The van der Waals surface area contributed by atoms with E-state index < -0.39 is 5.60 Å². The molecule has 1 heterocycles. The zero-order valence-electron chi connectivity index (χ0n) is 17.0. The summed E-state index contributed by atoms with van der Waals surface area (Å²) in [5.41, 5.74) is 1.93. The fourth-order valence-corrected chi connectivity index (χ4v) is 3.35. The molecule has 0 saturated carbocycles. The highest BCUT2D eigenvalue weighted by Gasteiger charge is 2.31. The molecule has 0 spiro atoms. The molecule has 1 aliphatic heterocycles. The molecule has 1 saturated heterocycles. The molecule has 2 aromatic carbocycles. The number of nitrogens with zero attached hydrogens (tertiary/aromatic N) is 2. The lowest BCUT2D eigenvalue weighted by Gasteiger charge is -2.40. The molecule has 0 bridgehead atoms. The predicted molar refractivity (Wildman–Crippen MR) is 114 cm³/mol. The molecule has 4 heteroatoms. The minimum atomic E-state index is -0.494. The Morgan fingerprint density at radius 2 is 1.68 bits per heavy atom. The summed E-state index contributed by atoms with van der Waals surface area (Å²) in [4.78, 5) is 17.0. The number of carbonyl (C=O) groups excluding carboxylic acids is 1. The van der Waals surface area contributed by atoms with Crippen LogP contribution in [0.15, 0.2) is 66.7 Å². The summed E-state index contributed by atoms with van der Waals surface area (Å²) in [6.45, 7) is 8.90. The highest BCUT2D eigenvalue weighted by Crippen LogP contribution is 2.19. The molecular weight excluding hydrogens is 348 g/mol. The Kier molecular flexibility index (Phi) is 6.53. The van der Waals surface area contributed by atoms with Crippen molar-refractivity contribution < 1.29 is 9.53 Å². The third kappa shape index (κ3) is 5.96. The molecule has 0 N–H and O–H groups in total. The van der Waals surface area contributed by atoms with Crippen LogP contribution in [0.4, 0.5) is 4.79 Å². The molecule has 1 aliphatic rings. The third-order valence-corrected chi connectivity index (χ3v) is 4.69. The average molecular weight is 379 g/mol. The zero-order valence-corrected chi connectivity index (χ0v) is 17.0. The minimum Gasteiger partial charge on any atom is -0.444 e. The standard InChI is InChI=1S/C24H30N2O2/c1-24(2,3)28-23(27)26-17-16-25(18-21-12-8-5-9-13-21)19-22(26)15-14-20-10-6-4-7-11-20/h4-15,22H,16-19H2,1-3H3/b15-14+/t22-/m1/s1. The summed E-state index contributed by atoms with van der Waals surface area (Å²) < 4.78 is 5.65. The second-order valence-corrected chi connectivity index (χ2v) is 8.23. The fraction of sp³-hybridized carbons (Fsp3) is 0.375. The molecule has 2 aromatic rings. The van der Waals surface area contributed by atoms with E-state index in [1.807, 2.05) is 49.9 Å². The van der Waals surface area contributed by atoms with E-state index in [-0.39, 0.29) is 12.1 Å². The summed E-state index contributed by atoms with van der Waals surface area (Å²) >= 11 is 0. The molecule has 28 heavy (non-hydrogen) atoms. The van der Waals surface area contributed by atoms with Gasteiger partial charge in [0.1, 0.15) is 5.60 Å². The van der Waals surface area contributed by atoms with Gasteiger partial charge in [-0.25, -0.2) is 4.79 Å². The van der Waals surface area contributed by atoms with Gasteiger partial charge in [-0.1, -0.05) is 72.8 Å². The van der Waals surface area contributed by atoms with E-state index in [2.05, 4.69) is 53.5 Å². The van der Waals surface area contributed by atoms with Gasteiger partial charge in [-0.3, -0.25) is 9.80 Å². The highest BCUT2D eigenvalue weighted by molar-refractivity contribution is 5.69. The number of benzene rings is 2. The molecule has 0 aliphatic carbocycles. The van der Waals surface area contributed by atoms with Crippen molar-refractivity contribution in [1.29, 1.82) is 0 Å². The first-order valence-corrected chi connectivity index (χ1v) is 9.90. The molecular formula is C24H30N2O2. The monoisotopic (exact) mass is 378 g/mol. The molecule has 1 fully saturated rings. The van der Waals surface area contributed by atoms with Crippen molar-refractivity contribution in [2.75, 3.05) is 19.6 Å². The summed E-state index contributed by atoms with van der Waals surface area (Å²) in [7, 11) is 0. The molecule has 1 atom stereocenters. The summed E-state index contributed by atoms with van der Waals surface area (Å²) in [6, 6.07) is 20.6. The van der Waals surface area contributed by atoms with Gasteiger partial charge in [-0.15, -0.1) is 0 Å². The van der Waals surface area contributed by atoms with Gasteiger partial charge in [-0.2, -0.15) is 0 Å². The first kappa shape index (κ1) is 20.2. The topological polar surface area (TPSA) is 32.8 Å². The average Bonchev–Trinajstić information content (AvgIpc) is 2.67. The Labute approximate surface area is 168 Å². The van der Waals surface area contributed by atoms with Crippen LogP contribution in [0.2, 0.25) is 0 Å². The number of carbonyl (C=O) groups is 1. The van der Waals surface area contributed by atoms with Gasteiger partial charge in [0.25, 0.3) is 0 Å². The normalized spacial score (nSPS) is 18.4. The fourth-order valence-electron chi connectivity index (χ4n) is 3.35. The highest BCUT2D eigenvalue weighted by atomic mass is 16.6. The summed E-state index contributed by atoms with van der Waals surface area (Å²) in [6.07, 6.45) is 3.97. The van der Waals surface area contributed by atoms with Crippen LogP contribution in [0.5, 0.6) is 0 Å². The second-order valence-electron chi connectivity index (χ2n) is 8.23. The Morgan fingerprint density at radius 3 is 2.32 bits per heavy atom. The number of ether oxygens (including phenoxy) is 1. The lowest BCUT2D eigenvalue weighted by Crippen LogP contribution is -2.55. The Morgan fingerprint density at radius 1 is 1.04 bits per heavy atom. The van der Waals surface area contributed by atoms with Crippen molar-refractivity contribution in [1.82, 2.24) is 9.80 Å². The maximum atomic E-state index is 12.8. The Bertz CT molecular complexity index is 781. The van der Waals surface area contributed by atoms with Crippen molar-refractivity contribution in [2.24, 2.45) is 0 Å². The van der Waals surface area contributed by atoms with Crippen LogP contribution >= 0.6 is 0 Å². The summed E-state index contributed by atoms with van der Waals surface area (Å²) in [5, 5.41) is 0. The van der Waals surface area contributed by atoms with Crippen LogP contribution < -0.4 is 0 Å². The lowest BCUT2D eigenvalue weighted by molar-refractivity contribution is 0.00470. The van der Waals surface area contributed by atoms with Crippen molar-refractivity contribution in [3.8, 4) is 0 Å². The van der Waals surface area contributed by atoms with Crippen LogP contribution in [-0.2, 0) is 11.3 Å². The molecule has 148 valence electrons. The third-order valence-electron chi connectivity index (χ3n) is 4.69. The molecule has 3 rings (SSSR count). The minimum absolute atomic E-state index is 0.0208. The zero-order chi connectivity index (χ0) is 20.0. The van der Waals surface area contributed by atoms with Gasteiger partial charge in [0.2, 0.25) is 0 Å². The SMILES string of the molecule is CC(C)(C)OC(=O)N1CCN(Cc2ccccc2)C[C@H]1/C=C/c1ccccc1. The number of amides is 1. The van der Waals surface area contributed by atoms with E-state index >= 15 is 0 Å². The van der Waals surface area contributed by atoms with Gasteiger partial charge >= 0.3 is 6.09 Å². The van der Waals surface area contributed by atoms with E-state index in [1.165, 1.54) is 5.56 Å². The van der Waals surface area contributed by atoms with Gasteiger partial charge in [0.15, 0.2) is 0 Å². The van der Waals surface area contributed by atoms with Crippen LogP contribution in [0.1, 0.15) is 31.9 Å². The smallest absolute Gasteiger partial charge is 0.410 e. The maximum Gasteiger partial charge on any atom is 0.410 e. The van der Waals surface area contributed by atoms with Crippen molar-refractivity contribution in [3.63, 3.8) is 0 Å². The van der Waals surface area contributed by atoms with Gasteiger partial charge in [-0.05, 0) is 31.9 Å². The number of hydrogen-bond acceptors (Lipinski definition) is 3. The van der Waals surface area contributed by atoms with Gasteiger partial charge in [0, 0.05) is 26.2 Å². The molecule has 0 aromatic heterocycles. The summed E-state index contributed by atoms with van der Waals surface area (Å²) in [5.74, 6) is 0. The van der Waals surface area contributed by atoms with E-state index in [0.717, 1.165) is 25.2 Å².